The van der Waals surface area contributed by atoms with Gasteiger partial charge in [0.15, 0.2) is 5.52 Å². The maximum absolute atomic E-state index is 13.7. The molecule has 1 atom stereocenters. The molecule has 2 aromatic rings. The van der Waals surface area contributed by atoms with Crippen molar-refractivity contribution >= 4 is 38.3 Å². The van der Waals surface area contributed by atoms with E-state index in [9.17, 15) is 4.79 Å². The van der Waals surface area contributed by atoms with Crippen LogP contribution in [0.4, 0.5) is 0 Å². The van der Waals surface area contributed by atoms with E-state index < -0.39 is 0 Å². The van der Waals surface area contributed by atoms with E-state index in [-0.39, 0.29) is 33.0 Å². The minimum atomic E-state index is -0.246. The Morgan fingerprint density at radius 2 is 1.13 bits per heavy atom. The SMILES string of the molecule is COc1cccc(OC)c1C(=O)Pc1c(OCCC(C)C)cc(OCCC(C)C)cc1OCCC(C)C.[LiH]. The number of ether oxygens (including phenoxy) is 5. The first-order valence-corrected chi connectivity index (χ1v) is 14.2. The molecule has 8 heteroatoms. The van der Waals surface area contributed by atoms with E-state index in [1.54, 1.807) is 26.4 Å². The fourth-order valence-corrected chi connectivity index (χ4v) is 4.61. The molecule has 0 bridgehead atoms. The van der Waals surface area contributed by atoms with Crippen molar-refractivity contribution < 1.29 is 28.5 Å². The molecule has 0 aliphatic heterocycles. The van der Waals surface area contributed by atoms with E-state index in [0.29, 0.717) is 71.9 Å². The number of hydrogen-bond acceptors (Lipinski definition) is 6. The van der Waals surface area contributed by atoms with E-state index in [1.165, 1.54) is 0 Å². The third kappa shape index (κ3) is 11.1. The fraction of sp³-hybridized carbons (Fsp3) is 0.567. The third-order valence-electron chi connectivity index (χ3n) is 5.80. The van der Waals surface area contributed by atoms with Gasteiger partial charge in [-0.3, -0.25) is 4.79 Å². The monoisotopic (exact) mass is 540 g/mol. The van der Waals surface area contributed by atoms with Crippen LogP contribution in [0.3, 0.4) is 0 Å². The van der Waals surface area contributed by atoms with Gasteiger partial charge in [0.1, 0.15) is 34.3 Å². The molecular weight excluding hydrogens is 494 g/mol. The van der Waals surface area contributed by atoms with E-state index in [0.717, 1.165) is 24.6 Å². The topological polar surface area (TPSA) is 63.2 Å². The molecule has 0 amide bonds. The van der Waals surface area contributed by atoms with E-state index in [4.69, 9.17) is 23.7 Å². The summed E-state index contributed by atoms with van der Waals surface area (Å²) in [6.07, 6.45) is 2.75. The predicted molar refractivity (Wildman–Crippen MR) is 160 cm³/mol. The zero-order valence-corrected chi connectivity index (χ0v) is 24.8. The van der Waals surface area contributed by atoms with Crippen molar-refractivity contribution in [2.24, 2.45) is 17.8 Å². The van der Waals surface area contributed by atoms with Crippen molar-refractivity contribution in [1.82, 2.24) is 0 Å². The minimum absolute atomic E-state index is 0. The third-order valence-corrected chi connectivity index (χ3v) is 7.02. The van der Waals surface area contributed by atoms with Gasteiger partial charge in [0.05, 0.1) is 39.3 Å². The van der Waals surface area contributed by atoms with Crippen molar-refractivity contribution in [3.8, 4) is 28.7 Å². The van der Waals surface area contributed by atoms with E-state index in [2.05, 4.69) is 41.5 Å². The van der Waals surface area contributed by atoms with Crippen LogP contribution in [0.1, 0.15) is 71.2 Å². The van der Waals surface area contributed by atoms with Crippen LogP contribution >= 0.6 is 8.58 Å². The molecule has 0 N–H and O–H groups in total. The number of methoxy groups -OCH3 is 2. The standard InChI is InChI=1S/C30H45O6P.Li.H/c1-20(2)12-15-34-23-18-26(35-16-13-21(3)4)29(27(19-23)36-17-14-22(5)6)37-30(31)28-24(32-7)10-9-11-25(28)33-8;;/h9-11,18-22,37H,12-17H2,1-8H3;;. The Balaban J connectivity index is 0.00000722. The second-order valence-electron chi connectivity index (χ2n) is 10.4. The van der Waals surface area contributed by atoms with E-state index >= 15 is 0 Å². The van der Waals surface area contributed by atoms with Crippen LogP contribution in [0.25, 0.3) is 0 Å². The molecular formula is C30H46LiO6P. The number of rotatable bonds is 17. The van der Waals surface area contributed by atoms with E-state index in [1.807, 2.05) is 18.2 Å². The molecule has 0 aliphatic carbocycles. The van der Waals surface area contributed by atoms with Gasteiger partial charge in [-0.1, -0.05) is 47.6 Å². The molecule has 0 aliphatic rings. The van der Waals surface area contributed by atoms with Crippen molar-refractivity contribution in [3.63, 3.8) is 0 Å². The number of carbonyl (C=O) groups is 1. The molecule has 0 spiro atoms. The molecule has 0 radical (unpaired) electrons. The Kier molecular flexibility index (Phi) is 15.9. The summed E-state index contributed by atoms with van der Waals surface area (Å²) >= 11 is 0. The van der Waals surface area contributed by atoms with Gasteiger partial charge in [0, 0.05) is 12.1 Å². The molecule has 0 heterocycles. The van der Waals surface area contributed by atoms with Crippen molar-refractivity contribution in [1.29, 1.82) is 0 Å². The van der Waals surface area contributed by atoms with Crippen LogP contribution in [-0.4, -0.2) is 58.4 Å². The van der Waals surface area contributed by atoms with Gasteiger partial charge in [-0.25, -0.2) is 0 Å². The average Bonchev–Trinajstić information content (AvgIpc) is 2.84. The Hall–Kier alpha value is -1.86. The first-order chi connectivity index (χ1) is 17.7. The molecule has 38 heavy (non-hydrogen) atoms. The molecule has 0 fully saturated rings. The van der Waals surface area contributed by atoms with Gasteiger partial charge >= 0.3 is 18.9 Å². The van der Waals surface area contributed by atoms with Crippen LogP contribution in [0.2, 0.25) is 0 Å². The molecule has 2 aromatic carbocycles. The van der Waals surface area contributed by atoms with Gasteiger partial charge in [-0.05, 0) is 57.7 Å². The summed E-state index contributed by atoms with van der Waals surface area (Å²) in [6, 6.07) is 9.13. The van der Waals surface area contributed by atoms with Crippen molar-refractivity contribution in [2.45, 2.75) is 60.8 Å². The van der Waals surface area contributed by atoms with Crippen molar-refractivity contribution in [3.05, 3.63) is 35.9 Å². The first-order valence-electron chi connectivity index (χ1n) is 13.2. The van der Waals surface area contributed by atoms with Gasteiger partial charge < -0.3 is 23.7 Å². The predicted octanol–water partition coefficient (Wildman–Crippen LogP) is 6.47. The number of carbonyl (C=O) groups excluding carboxylic acids is 1. The van der Waals surface area contributed by atoms with Crippen LogP contribution in [0, 0.1) is 17.8 Å². The zero-order valence-electron chi connectivity index (χ0n) is 23.8. The summed E-state index contributed by atoms with van der Waals surface area (Å²) in [7, 11) is 2.86. The summed E-state index contributed by atoms with van der Waals surface area (Å²) in [5, 5.41) is 0.738. The maximum atomic E-state index is 13.7. The van der Waals surface area contributed by atoms with Gasteiger partial charge in [-0.2, -0.15) is 0 Å². The molecule has 1 unspecified atom stereocenters. The molecule has 2 rings (SSSR count). The number of benzene rings is 2. The molecule has 0 aromatic heterocycles. The van der Waals surface area contributed by atoms with Gasteiger partial charge in [0.2, 0.25) is 0 Å². The summed E-state index contributed by atoms with van der Waals surface area (Å²) in [6.45, 7) is 14.7. The van der Waals surface area contributed by atoms with Crippen LogP contribution in [0.5, 0.6) is 28.7 Å². The van der Waals surface area contributed by atoms with Crippen LogP contribution in [0.15, 0.2) is 30.3 Å². The normalized spacial score (nSPS) is 11.2. The Labute approximate surface area is 243 Å². The summed E-state index contributed by atoms with van der Waals surface area (Å²) in [5.41, 5.74) is 0.314. The molecule has 0 saturated carbocycles. The average molecular weight is 541 g/mol. The zero-order chi connectivity index (χ0) is 27.4. The molecule has 0 saturated heterocycles. The fourth-order valence-electron chi connectivity index (χ4n) is 3.47. The Morgan fingerprint density at radius 1 is 0.711 bits per heavy atom. The molecule has 6 nitrogen and oxygen atoms in total. The van der Waals surface area contributed by atoms with Crippen LogP contribution in [-0.2, 0) is 0 Å². The summed E-state index contributed by atoms with van der Waals surface area (Å²) in [4.78, 5) is 13.7. The van der Waals surface area contributed by atoms with Gasteiger partial charge in [-0.15, -0.1) is 0 Å². The summed E-state index contributed by atoms with van der Waals surface area (Å²) < 4.78 is 29.6. The van der Waals surface area contributed by atoms with Crippen molar-refractivity contribution in [2.75, 3.05) is 34.0 Å². The quantitative estimate of drug-likeness (QED) is 0.169. The molecule has 208 valence electrons. The number of hydrogen-bond donors (Lipinski definition) is 0. The summed E-state index contributed by atoms with van der Waals surface area (Å²) in [5.74, 6) is 4.44. The second kappa shape index (κ2) is 17.7. The van der Waals surface area contributed by atoms with Crippen LogP contribution < -0.4 is 29.0 Å². The Morgan fingerprint density at radius 3 is 1.53 bits per heavy atom. The Bertz CT molecular complexity index is 935. The first kappa shape index (κ1) is 34.2. The van der Waals surface area contributed by atoms with Gasteiger partial charge in [0.25, 0.3) is 0 Å². The second-order valence-corrected chi connectivity index (χ2v) is 11.6.